The smallest absolute Gasteiger partial charge is 0.227 e. The van der Waals surface area contributed by atoms with Crippen LogP contribution in [0.1, 0.15) is 0 Å². The quantitative estimate of drug-likeness (QED) is 0.199. The van der Waals surface area contributed by atoms with Crippen LogP contribution in [0.2, 0.25) is 0 Å². The van der Waals surface area contributed by atoms with E-state index < -0.39 is 0 Å². The van der Waals surface area contributed by atoms with Crippen molar-refractivity contribution in [3.63, 3.8) is 0 Å². The first-order chi connectivity index (χ1) is 22.6. The molecule has 0 fully saturated rings. The molecule has 0 aliphatic heterocycles. The standard InChI is InChI=1S/C38H27N7O/c1-43-18-16-40-36(43)25-10-13-33-30(21-25)29-12-9-27(38-42-32-22-26(11-14-35(32)46-38)37-41-17-19-44(37)2)23-34(29)45(33)28-7-5-6-24(20-28)31-8-3-4-15-39-31/h3-23H,1-2H3. The molecule has 8 nitrogen and oxygen atoms in total. The van der Waals surface area contributed by atoms with Gasteiger partial charge in [0.05, 0.1) is 16.7 Å². The van der Waals surface area contributed by atoms with Crippen molar-refractivity contribution in [1.29, 1.82) is 0 Å². The minimum Gasteiger partial charge on any atom is -0.436 e. The van der Waals surface area contributed by atoms with Gasteiger partial charge in [-0.2, -0.15) is 0 Å². The molecule has 0 spiro atoms. The van der Waals surface area contributed by atoms with Gasteiger partial charge in [-0.15, -0.1) is 0 Å². The molecule has 0 radical (unpaired) electrons. The lowest BCUT2D eigenvalue weighted by Gasteiger charge is -2.11. The first-order valence-electron chi connectivity index (χ1n) is 15.1. The van der Waals surface area contributed by atoms with E-state index in [0.29, 0.717) is 5.89 Å². The third kappa shape index (κ3) is 4.15. The summed E-state index contributed by atoms with van der Waals surface area (Å²) in [5, 5.41) is 2.27. The van der Waals surface area contributed by atoms with Crippen LogP contribution in [0.4, 0.5) is 0 Å². The predicted octanol–water partition coefficient (Wildman–Crippen LogP) is 8.45. The van der Waals surface area contributed by atoms with Gasteiger partial charge in [0.2, 0.25) is 5.89 Å². The summed E-state index contributed by atoms with van der Waals surface area (Å²) in [6.07, 6.45) is 9.37. The Kier molecular flexibility index (Phi) is 5.76. The second-order valence-corrected chi connectivity index (χ2v) is 11.5. The van der Waals surface area contributed by atoms with Crippen molar-refractivity contribution in [2.24, 2.45) is 14.1 Å². The Morgan fingerprint density at radius 2 is 1.35 bits per heavy atom. The van der Waals surface area contributed by atoms with Gasteiger partial charge in [0.25, 0.3) is 0 Å². The molecule has 0 saturated heterocycles. The van der Waals surface area contributed by atoms with Gasteiger partial charge < -0.3 is 18.1 Å². The van der Waals surface area contributed by atoms with Gasteiger partial charge >= 0.3 is 0 Å². The molecule has 0 atom stereocenters. The Morgan fingerprint density at radius 3 is 2.11 bits per heavy atom. The van der Waals surface area contributed by atoms with Crippen molar-refractivity contribution in [2.45, 2.75) is 0 Å². The summed E-state index contributed by atoms with van der Waals surface area (Å²) in [7, 11) is 4.01. The number of imidazole rings is 2. The number of nitrogens with zero attached hydrogens (tertiary/aromatic N) is 7. The Balaban J connectivity index is 1.24. The van der Waals surface area contributed by atoms with E-state index in [2.05, 4.69) is 80.2 Å². The van der Waals surface area contributed by atoms with E-state index in [1.54, 1.807) is 6.20 Å². The average molecular weight is 598 g/mol. The number of hydrogen-bond donors (Lipinski definition) is 0. The molecule has 8 heteroatoms. The molecule has 9 rings (SSSR count). The lowest BCUT2D eigenvalue weighted by molar-refractivity contribution is 0.620. The zero-order chi connectivity index (χ0) is 30.8. The van der Waals surface area contributed by atoms with Crippen molar-refractivity contribution in [3.05, 3.63) is 128 Å². The van der Waals surface area contributed by atoms with Crippen molar-refractivity contribution >= 4 is 32.9 Å². The third-order valence-corrected chi connectivity index (χ3v) is 8.62. The largest absolute Gasteiger partial charge is 0.436 e. The summed E-state index contributed by atoms with van der Waals surface area (Å²) in [5.41, 5.74) is 9.66. The number of benzene rings is 4. The molecule has 0 bridgehead atoms. The van der Waals surface area contributed by atoms with Crippen LogP contribution >= 0.6 is 0 Å². The molecule has 46 heavy (non-hydrogen) atoms. The lowest BCUT2D eigenvalue weighted by atomic mass is 10.1. The number of aryl methyl sites for hydroxylation is 2. The molecule has 0 aliphatic rings. The fraction of sp³-hybridized carbons (Fsp3) is 0.0526. The summed E-state index contributed by atoms with van der Waals surface area (Å²) >= 11 is 0. The average Bonchev–Trinajstić information content (AvgIpc) is 3.89. The summed E-state index contributed by atoms with van der Waals surface area (Å²) in [6, 6.07) is 33.5. The van der Waals surface area contributed by atoms with Crippen LogP contribution < -0.4 is 0 Å². The molecule has 0 amide bonds. The Bertz CT molecular complexity index is 2570. The van der Waals surface area contributed by atoms with Crippen LogP contribution in [0.3, 0.4) is 0 Å². The SMILES string of the molecule is Cn1ccnc1-c1ccc2oc(-c3ccc4c5cc(-c6nccn6C)ccc5n(-c5cccc(-c6ccccn6)c5)c4c3)nc2c1. The molecule has 0 saturated carbocycles. The summed E-state index contributed by atoms with van der Waals surface area (Å²) < 4.78 is 12.7. The van der Waals surface area contributed by atoms with Crippen LogP contribution in [0.5, 0.6) is 0 Å². The molecular weight excluding hydrogens is 570 g/mol. The predicted molar refractivity (Wildman–Crippen MR) is 181 cm³/mol. The number of oxazole rings is 1. The highest BCUT2D eigenvalue weighted by molar-refractivity contribution is 6.11. The third-order valence-electron chi connectivity index (χ3n) is 8.62. The molecule has 0 N–H and O–H groups in total. The highest BCUT2D eigenvalue weighted by Crippen LogP contribution is 2.38. The normalized spacial score (nSPS) is 11.7. The van der Waals surface area contributed by atoms with Crippen LogP contribution in [0, 0.1) is 0 Å². The topological polar surface area (TPSA) is 79.5 Å². The molecule has 0 unspecified atom stereocenters. The van der Waals surface area contributed by atoms with Crippen molar-refractivity contribution in [1.82, 2.24) is 33.6 Å². The van der Waals surface area contributed by atoms with Crippen LogP contribution in [-0.2, 0) is 14.1 Å². The number of aromatic nitrogens is 7. The van der Waals surface area contributed by atoms with Crippen LogP contribution in [-0.4, -0.2) is 33.6 Å². The second kappa shape index (κ2) is 10.1. The molecule has 0 aliphatic carbocycles. The number of fused-ring (bicyclic) bond motifs is 4. The summed E-state index contributed by atoms with van der Waals surface area (Å²) in [4.78, 5) is 18.6. The zero-order valence-corrected chi connectivity index (χ0v) is 25.2. The minimum atomic E-state index is 0.571. The highest BCUT2D eigenvalue weighted by atomic mass is 16.3. The molecule has 4 aromatic carbocycles. The lowest BCUT2D eigenvalue weighted by Crippen LogP contribution is -1.95. The number of hydrogen-bond acceptors (Lipinski definition) is 5. The van der Waals surface area contributed by atoms with Gasteiger partial charge in [0.15, 0.2) is 5.58 Å². The highest BCUT2D eigenvalue weighted by Gasteiger charge is 2.18. The first-order valence-corrected chi connectivity index (χ1v) is 15.1. The Labute approximate surface area is 263 Å². The van der Waals surface area contributed by atoms with Gasteiger partial charge in [-0.3, -0.25) is 4.98 Å². The fourth-order valence-corrected chi connectivity index (χ4v) is 6.39. The minimum absolute atomic E-state index is 0.571. The van der Waals surface area contributed by atoms with Crippen LogP contribution in [0.15, 0.2) is 132 Å². The van der Waals surface area contributed by atoms with Gasteiger partial charge in [0, 0.05) is 83.8 Å². The van der Waals surface area contributed by atoms with E-state index in [9.17, 15) is 0 Å². The van der Waals surface area contributed by atoms with Gasteiger partial charge in [-0.25, -0.2) is 15.0 Å². The molecular formula is C38H27N7O. The number of pyridine rings is 1. The molecule has 5 heterocycles. The maximum atomic E-state index is 6.32. The Morgan fingerprint density at radius 1 is 0.565 bits per heavy atom. The van der Waals surface area contributed by atoms with Crippen molar-refractivity contribution < 1.29 is 4.42 Å². The van der Waals surface area contributed by atoms with E-state index in [0.717, 1.165) is 78.2 Å². The van der Waals surface area contributed by atoms with E-state index >= 15 is 0 Å². The molecule has 9 aromatic rings. The zero-order valence-electron chi connectivity index (χ0n) is 25.2. The summed E-state index contributed by atoms with van der Waals surface area (Å²) in [5.74, 6) is 2.38. The van der Waals surface area contributed by atoms with E-state index in [1.807, 2.05) is 84.4 Å². The van der Waals surface area contributed by atoms with Gasteiger partial charge in [0.1, 0.15) is 17.2 Å². The molecule has 5 aromatic heterocycles. The van der Waals surface area contributed by atoms with Gasteiger partial charge in [-0.1, -0.05) is 24.3 Å². The van der Waals surface area contributed by atoms with Gasteiger partial charge in [-0.05, 0) is 72.8 Å². The van der Waals surface area contributed by atoms with E-state index in [1.165, 1.54) is 0 Å². The molecule has 220 valence electrons. The second-order valence-electron chi connectivity index (χ2n) is 11.5. The Hall–Kier alpha value is -6.28. The first kappa shape index (κ1) is 26.2. The van der Waals surface area contributed by atoms with E-state index in [-0.39, 0.29) is 0 Å². The monoisotopic (exact) mass is 597 g/mol. The van der Waals surface area contributed by atoms with Crippen molar-refractivity contribution in [3.8, 4) is 51.2 Å². The maximum Gasteiger partial charge on any atom is 0.227 e. The summed E-state index contributed by atoms with van der Waals surface area (Å²) in [6.45, 7) is 0. The van der Waals surface area contributed by atoms with E-state index in [4.69, 9.17) is 9.40 Å². The van der Waals surface area contributed by atoms with Crippen molar-refractivity contribution in [2.75, 3.05) is 0 Å². The fourth-order valence-electron chi connectivity index (χ4n) is 6.39. The number of rotatable bonds is 5. The maximum absolute atomic E-state index is 6.32. The van der Waals surface area contributed by atoms with Crippen LogP contribution in [0.25, 0.3) is 84.1 Å².